The van der Waals surface area contributed by atoms with E-state index in [-0.39, 0.29) is 23.6 Å². The Hall–Kier alpha value is -3.49. The number of hydrogen-bond acceptors (Lipinski definition) is 9. The van der Waals surface area contributed by atoms with Gasteiger partial charge in [-0.05, 0) is 43.9 Å². The van der Waals surface area contributed by atoms with Crippen molar-refractivity contribution in [1.29, 1.82) is 0 Å². The lowest BCUT2D eigenvalue weighted by Gasteiger charge is -2.44. The van der Waals surface area contributed by atoms with Crippen LogP contribution >= 0.6 is 0 Å². The molecule has 1 aliphatic carbocycles. The minimum absolute atomic E-state index is 0.0864. The molecule has 1 saturated carbocycles. The Bertz CT molecular complexity index is 1520. The molecule has 220 valence electrons. The predicted molar refractivity (Wildman–Crippen MR) is 144 cm³/mol. The highest BCUT2D eigenvalue weighted by Crippen LogP contribution is 2.39. The average Bonchev–Trinajstić information content (AvgIpc) is 3.58. The maximum absolute atomic E-state index is 12.5. The molecule has 1 aromatic carbocycles. The molecule has 2 fully saturated rings. The molecule has 3 aromatic heterocycles. The van der Waals surface area contributed by atoms with Gasteiger partial charge in [0.1, 0.15) is 29.5 Å². The molecular weight excluding hydrogens is 541 g/mol. The van der Waals surface area contributed by atoms with Crippen LogP contribution < -0.4 is 10.5 Å². The fourth-order valence-corrected chi connectivity index (χ4v) is 6.06. The van der Waals surface area contributed by atoms with E-state index < -0.39 is 18.7 Å². The molecule has 0 bridgehead atoms. The van der Waals surface area contributed by atoms with E-state index in [0.717, 1.165) is 38.1 Å². The molecule has 0 spiro atoms. The highest BCUT2D eigenvalue weighted by Gasteiger charge is 2.44. The van der Waals surface area contributed by atoms with E-state index in [1.54, 1.807) is 10.9 Å². The van der Waals surface area contributed by atoms with Crippen LogP contribution in [0.15, 0.2) is 30.9 Å². The predicted octanol–water partition coefficient (Wildman–Crippen LogP) is 3.81. The number of aromatic nitrogens is 6. The number of H-pyrrole nitrogens is 1. The molecule has 2 aliphatic rings. The number of halogens is 3. The van der Waals surface area contributed by atoms with E-state index in [0.29, 0.717) is 40.7 Å². The Morgan fingerprint density at radius 3 is 2.80 bits per heavy atom. The summed E-state index contributed by atoms with van der Waals surface area (Å²) >= 11 is 0. The number of ether oxygens (including phenoxy) is 2. The molecule has 4 aromatic rings. The molecule has 4 unspecified atom stereocenters. The van der Waals surface area contributed by atoms with E-state index in [1.807, 2.05) is 6.92 Å². The second-order valence-electron chi connectivity index (χ2n) is 11.0. The summed E-state index contributed by atoms with van der Waals surface area (Å²) in [6.07, 6.45) is 0.501. The summed E-state index contributed by atoms with van der Waals surface area (Å²) in [6, 6.07) is 4.55. The smallest absolute Gasteiger partial charge is 0.406 e. The first-order valence-corrected chi connectivity index (χ1v) is 13.8. The quantitative estimate of drug-likeness (QED) is 0.272. The lowest BCUT2D eigenvalue weighted by atomic mass is 9.76. The van der Waals surface area contributed by atoms with Crippen molar-refractivity contribution in [2.45, 2.75) is 70.4 Å². The van der Waals surface area contributed by atoms with Crippen LogP contribution in [0.2, 0.25) is 0 Å². The van der Waals surface area contributed by atoms with Gasteiger partial charge >= 0.3 is 6.36 Å². The third-order valence-corrected chi connectivity index (χ3v) is 8.47. The Balaban J connectivity index is 1.02. The van der Waals surface area contributed by atoms with Crippen molar-refractivity contribution in [3.63, 3.8) is 0 Å². The minimum Gasteiger partial charge on any atom is -0.406 e. The number of rotatable bonds is 9. The van der Waals surface area contributed by atoms with Crippen LogP contribution in [-0.4, -0.2) is 77.2 Å². The number of anilines is 1. The molecule has 4 heterocycles. The second kappa shape index (κ2) is 10.7. The molecule has 1 aliphatic heterocycles. The topological polar surface area (TPSA) is 140 Å². The number of aromatic amines is 1. The van der Waals surface area contributed by atoms with E-state index >= 15 is 0 Å². The van der Waals surface area contributed by atoms with Crippen LogP contribution in [0.5, 0.6) is 5.75 Å². The van der Waals surface area contributed by atoms with Crippen LogP contribution in [0.4, 0.5) is 19.0 Å². The number of hydrogen-bond donors (Lipinski definition) is 3. The number of nitrogens with two attached hydrogens (primary N) is 1. The Morgan fingerprint density at radius 1 is 1.24 bits per heavy atom. The van der Waals surface area contributed by atoms with Crippen LogP contribution in [-0.2, 0) is 11.2 Å². The summed E-state index contributed by atoms with van der Waals surface area (Å²) < 4.78 is 49.7. The molecule has 6 rings (SSSR count). The summed E-state index contributed by atoms with van der Waals surface area (Å²) in [6.45, 7) is 5.71. The molecule has 11 nitrogen and oxygen atoms in total. The summed E-state index contributed by atoms with van der Waals surface area (Å²) in [4.78, 5) is 22.6. The molecule has 0 radical (unpaired) electrons. The van der Waals surface area contributed by atoms with E-state index in [1.165, 1.54) is 24.5 Å². The fraction of sp³-hybridized carbons (Fsp3) is 0.556. The van der Waals surface area contributed by atoms with Gasteiger partial charge in [0, 0.05) is 31.0 Å². The van der Waals surface area contributed by atoms with Crippen LogP contribution in [0.1, 0.15) is 45.2 Å². The van der Waals surface area contributed by atoms with Crippen molar-refractivity contribution < 1.29 is 27.8 Å². The number of aliphatic hydroxyl groups is 1. The average molecular weight is 575 g/mol. The zero-order valence-corrected chi connectivity index (χ0v) is 22.8. The highest BCUT2D eigenvalue weighted by atomic mass is 19.4. The van der Waals surface area contributed by atoms with Crippen molar-refractivity contribution in [2.24, 2.45) is 11.8 Å². The molecule has 0 amide bonds. The number of aliphatic hydroxyl groups excluding tert-OH is 1. The Kier molecular flexibility index (Phi) is 7.24. The van der Waals surface area contributed by atoms with Gasteiger partial charge in [0.15, 0.2) is 17.7 Å². The van der Waals surface area contributed by atoms with Gasteiger partial charge < -0.3 is 25.3 Å². The maximum atomic E-state index is 12.5. The van der Waals surface area contributed by atoms with E-state index in [2.05, 4.69) is 41.5 Å². The van der Waals surface area contributed by atoms with Crippen LogP contribution in [0.3, 0.4) is 0 Å². The minimum atomic E-state index is -4.73. The van der Waals surface area contributed by atoms with Crippen molar-refractivity contribution in [3.8, 4) is 5.75 Å². The standard InChI is InChI=1S/C27H33F3N8O3/c1-3-37(11-20-14(2)23(39)26(40-20)38-13-34-22-24(31)32-12-33-25(22)38)16-8-15(9-16)4-7-21-35-18-6-5-17(10-19(18)36-21)41-27(28,29)30/h5-6,10,12-16,20,23,26,39H,3-4,7-9,11H2,1-2H3,(H,35,36)(H2,31,32,33). The molecule has 41 heavy (non-hydrogen) atoms. The number of fused-ring (bicyclic) bond motifs is 2. The molecular formula is C27H33F3N8O3. The molecule has 1 saturated heterocycles. The van der Waals surface area contributed by atoms with Gasteiger partial charge in [-0.15, -0.1) is 13.2 Å². The lowest BCUT2D eigenvalue weighted by molar-refractivity contribution is -0.274. The summed E-state index contributed by atoms with van der Waals surface area (Å²) in [5.41, 5.74) is 8.08. The summed E-state index contributed by atoms with van der Waals surface area (Å²) in [5.74, 6) is 1.23. The van der Waals surface area contributed by atoms with Gasteiger partial charge in [-0.25, -0.2) is 19.9 Å². The van der Waals surface area contributed by atoms with E-state index in [4.69, 9.17) is 10.5 Å². The first-order chi connectivity index (χ1) is 19.6. The molecule has 4 N–H and O–H groups in total. The normalized spacial score (nSPS) is 26.7. The van der Waals surface area contributed by atoms with Crippen molar-refractivity contribution in [1.82, 2.24) is 34.4 Å². The number of likely N-dealkylation sites (N-methyl/N-ethyl adjacent to an activating group) is 1. The van der Waals surface area contributed by atoms with Crippen LogP contribution in [0, 0.1) is 11.8 Å². The van der Waals surface area contributed by atoms with Crippen molar-refractivity contribution in [2.75, 3.05) is 18.8 Å². The number of nitrogen functional groups attached to an aromatic ring is 1. The monoisotopic (exact) mass is 574 g/mol. The molecule has 4 atom stereocenters. The third kappa shape index (κ3) is 5.55. The Morgan fingerprint density at radius 2 is 2.05 bits per heavy atom. The van der Waals surface area contributed by atoms with Crippen LogP contribution in [0.25, 0.3) is 22.2 Å². The number of nitrogens with one attached hydrogen (secondary N) is 1. The first-order valence-electron chi connectivity index (χ1n) is 13.8. The maximum Gasteiger partial charge on any atom is 0.573 e. The lowest BCUT2D eigenvalue weighted by Crippen LogP contribution is -2.48. The third-order valence-electron chi connectivity index (χ3n) is 8.47. The van der Waals surface area contributed by atoms with Gasteiger partial charge in [0.2, 0.25) is 0 Å². The fourth-order valence-electron chi connectivity index (χ4n) is 6.06. The molecule has 14 heteroatoms. The summed E-state index contributed by atoms with van der Waals surface area (Å²) in [7, 11) is 0. The first kappa shape index (κ1) is 27.7. The number of benzene rings is 1. The number of alkyl halides is 3. The number of aryl methyl sites for hydroxylation is 1. The van der Waals surface area contributed by atoms with Gasteiger partial charge in [-0.3, -0.25) is 9.47 Å². The van der Waals surface area contributed by atoms with E-state index in [9.17, 15) is 18.3 Å². The zero-order chi connectivity index (χ0) is 28.9. The van der Waals surface area contributed by atoms with Gasteiger partial charge in [0.05, 0.1) is 23.5 Å². The highest BCUT2D eigenvalue weighted by molar-refractivity contribution is 5.81. The van der Waals surface area contributed by atoms with Crippen molar-refractivity contribution in [3.05, 3.63) is 36.7 Å². The van der Waals surface area contributed by atoms with Gasteiger partial charge in [-0.2, -0.15) is 0 Å². The zero-order valence-electron chi connectivity index (χ0n) is 22.8. The number of imidazole rings is 2. The van der Waals surface area contributed by atoms with Gasteiger partial charge in [-0.1, -0.05) is 13.8 Å². The Labute approximate surface area is 233 Å². The summed E-state index contributed by atoms with van der Waals surface area (Å²) in [5, 5.41) is 11.0. The SMILES string of the molecule is CCN(CC1OC(n2cnc3c(N)ncnc32)C(O)C1C)C1CC(CCc2nc3ccc(OC(F)(F)F)cc3[nH]2)C1. The van der Waals surface area contributed by atoms with Gasteiger partial charge in [0.25, 0.3) is 0 Å². The largest absolute Gasteiger partial charge is 0.573 e. The van der Waals surface area contributed by atoms with Crippen molar-refractivity contribution >= 4 is 28.0 Å². The second-order valence-corrected chi connectivity index (χ2v) is 11.0. The number of nitrogens with zero attached hydrogens (tertiary/aromatic N) is 6.